The van der Waals surface area contributed by atoms with E-state index in [1.807, 2.05) is 6.07 Å². The molecule has 4 aromatic rings. The van der Waals surface area contributed by atoms with Crippen LogP contribution in [0, 0.1) is 5.41 Å². The fourth-order valence-electron chi connectivity index (χ4n) is 4.84. The Bertz CT molecular complexity index is 1320. The molecule has 33 heavy (non-hydrogen) atoms. The van der Waals surface area contributed by atoms with Crippen molar-refractivity contribution in [2.45, 2.75) is 32.1 Å². The van der Waals surface area contributed by atoms with Gasteiger partial charge in [-0.2, -0.15) is 0 Å². The lowest BCUT2D eigenvalue weighted by molar-refractivity contribution is 0.610. The molecular weight excluding hydrogens is 402 g/mol. The van der Waals surface area contributed by atoms with Gasteiger partial charge >= 0.3 is 0 Å². The number of hydrogen-bond acceptors (Lipinski definition) is 1. The van der Waals surface area contributed by atoms with Crippen LogP contribution in [0.15, 0.2) is 84.9 Å². The summed E-state index contributed by atoms with van der Waals surface area (Å²) in [5.41, 5.74) is 6.95. The molecule has 0 radical (unpaired) electrons. The van der Waals surface area contributed by atoms with Gasteiger partial charge in [-0.3, -0.25) is 5.41 Å². The Kier molecular flexibility index (Phi) is 5.95. The van der Waals surface area contributed by atoms with Gasteiger partial charge in [0.2, 0.25) is 0 Å². The Balaban J connectivity index is 1.32. The Morgan fingerprint density at radius 3 is 2.55 bits per heavy atom. The van der Waals surface area contributed by atoms with Crippen molar-refractivity contribution >= 4 is 40.3 Å². The Morgan fingerprint density at radius 1 is 0.848 bits per heavy atom. The second-order valence-electron chi connectivity index (χ2n) is 8.73. The molecule has 4 aromatic carbocycles. The number of benzene rings is 4. The summed E-state index contributed by atoms with van der Waals surface area (Å²) in [6, 6.07) is 29.8. The van der Waals surface area contributed by atoms with Gasteiger partial charge in [-0.1, -0.05) is 92.2 Å². The van der Waals surface area contributed by atoms with Crippen LogP contribution in [-0.2, 0) is 6.42 Å². The maximum absolute atomic E-state index is 8.55. The normalized spacial score (nSPS) is 12.6. The van der Waals surface area contributed by atoms with Crippen molar-refractivity contribution in [3.63, 3.8) is 0 Å². The average Bonchev–Trinajstić information content (AvgIpc) is 3.27. The van der Waals surface area contributed by atoms with Crippen LogP contribution in [0.3, 0.4) is 0 Å². The van der Waals surface area contributed by atoms with Crippen molar-refractivity contribution in [3.05, 3.63) is 107 Å². The van der Waals surface area contributed by atoms with Crippen LogP contribution in [0.25, 0.3) is 22.9 Å². The number of hydrogen-bond donors (Lipinski definition) is 3. The lowest BCUT2D eigenvalue weighted by Gasteiger charge is -2.19. The van der Waals surface area contributed by atoms with Crippen molar-refractivity contribution in [1.82, 2.24) is 0 Å². The third-order valence-corrected chi connectivity index (χ3v) is 6.40. The molecule has 0 aliphatic heterocycles. The molecule has 0 bridgehead atoms. The third-order valence-electron chi connectivity index (χ3n) is 6.40. The molecule has 1 aliphatic carbocycles. The maximum atomic E-state index is 8.55. The van der Waals surface area contributed by atoms with E-state index in [0.717, 1.165) is 36.2 Å². The van der Waals surface area contributed by atoms with Gasteiger partial charge in [0.1, 0.15) is 0 Å². The highest BCUT2D eigenvalue weighted by Gasteiger charge is 2.15. The Hall–Kier alpha value is -3.85. The molecule has 0 saturated carbocycles. The molecular formula is C30H29N3. The molecule has 3 heteroatoms. The van der Waals surface area contributed by atoms with Gasteiger partial charge in [0.15, 0.2) is 5.96 Å². The molecule has 0 fully saturated rings. The summed E-state index contributed by atoms with van der Waals surface area (Å²) < 4.78 is 0. The lowest BCUT2D eigenvalue weighted by Crippen LogP contribution is -2.21. The van der Waals surface area contributed by atoms with Crippen molar-refractivity contribution in [1.29, 1.82) is 5.41 Å². The van der Waals surface area contributed by atoms with Crippen LogP contribution in [0.1, 0.15) is 47.9 Å². The van der Waals surface area contributed by atoms with Gasteiger partial charge in [-0.25, -0.2) is 0 Å². The minimum atomic E-state index is 0.274. The first-order valence-electron chi connectivity index (χ1n) is 11.7. The van der Waals surface area contributed by atoms with Crippen molar-refractivity contribution < 1.29 is 0 Å². The van der Waals surface area contributed by atoms with E-state index >= 15 is 0 Å². The largest absolute Gasteiger partial charge is 0.326 e. The van der Waals surface area contributed by atoms with E-state index in [9.17, 15) is 0 Å². The summed E-state index contributed by atoms with van der Waals surface area (Å²) in [7, 11) is 0. The zero-order chi connectivity index (χ0) is 22.6. The maximum Gasteiger partial charge on any atom is 0.197 e. The van der Waals surface area contributed by atoms with Gasteiger partial charge < -0.3 is 10.6 Å². The van der Waals surface area contributed by atoms with E-state index in [1.54, 1.807) is 0 Å². The first-order chi connectivity index (χ1) is 16.2. The number of nitrogens with one attached hydrogen (secondary N) is 3. The van der Waals surface area contributed by atoms with E-state index in [1.165, 1.54) is 27.5 Å². The fraction of sp³-hybridized carbons (Fsp3) is 0.167. The van der Waals surface area contributed by atoms with Gasteiger partial charge in [-0.05, 0) is 64.4 Å². The summed E-state index contributed by atoms with van der Waals surface area (Å²) in [5, 5.41) is 17.6. The molecule has 0 aromatic heterocycles. The predicted octanol–water partition coefficient (Wildman–Crippen LogP) is 7.91. The molecule has 0 spiro atoms. The van der Waals surface area contributed by atoms with E-state index in [0.29, 0.717) is 5.92 Å². The molecule has 0 saturated heterocycles. The van der Waals surface area contributed by atoms with Crippen LogP contribution in [-0.4, -0.2) is 5.96 Å². The molecule has 1 unspecified atom stereocenters. The molecule has 3 nitrogen and oxygen atoms in total. The van der Waals surface area contributed by atoms with Crippen LogP contribution in [0.4, 0.5) is 11.4 Å². The Labute approximate surface area is 195 Å². The van der Waals surface area contributed by atoms with E-state index in [2.05, 4.69) is 109 Å². The van der Waals surface area contributed by atoms with E-state index in [-0.39, 0.29) is 5.96 Å². The summed E-state index contributed by atoms with van der Waals surface area (Å²) >= 11 is 0. The molecule has 5 rings (SSSR count). The van der Waals surface area contributed by atoms with Gasteiger partial charge in [-0.15, -0.1) is 0 Å². The summed E-state index contributed by atoms with van der Waals surface area (Å²) in [6.07, 6.45) is 7.59. The van der Waals surface area contributed by atoms with Crippen LogP contribution in [0.2, 0.25) is 0 Å². The van der Waals surface area contributed by atoms with Crippen LogP contribution in [0.5, 0.6) is 0 Å². The summed E-state index contributed by atoms with van der Waals surface area (Å²) in [6.45, 7) is 2.24. The van der Waals surface area contributed by atoms with Crippen LogP contribution < -0.4 is 10.6 Å². The highest BCUT2D eigenvalue weighted by Crippen LogP contribution is 2.36. The molecule has 164 valence electrons. The molecule has 1 aliphatic rings. The quantitative estimate of drug-likeness (QED) is 0.181. The second kappa shape index (κ2) is 9.33. The Morgan fingerprint density at radius 2 is 1.70 bits per heavy atom. The average molecular weight is 432 g/mol. The first kappa shape index (κ1) is 21.0. The topological polar surface area (TPSA) is 47.9 Å². The summed E-state index contributed by atoms with van der Waals surface area (Å²) in [5.74, 6) is 0.738. The standard InChI is InChI=1S/C30H29N3/c1-2-8-24(19-21-9-4-3-5-10-21)25-13-7-14-26(20-25)32-30(31)33-28-18-16-23-12-6-11-22-15-17-27(28)29(22)23/h3-7,9-18,20,24H,2,8,19H2,1H3,(H3,31,32,33). The molecule has 3 N–H and O–H groups in total. The number of guanidine groups is 1. The minimum absolute atomic E-state index is 0.274. The second-order valence-corrected chi connectivity index (χ2v) is 8.73. The van der Waals surface area contributed by atoms with Crippen molar-refractivity contribution in [2.75, 3.05) is 10.6 Å². The van der Waals surface area contributed by atoms with Gasteiger partial charge in [0.05, 0.1) is 0 Å². The first-order valence-corrected chi connectivity index (χ1v) is 11.7. The number of rotatable bonds is 7. The molecule has 0 amide bonds. The monoisotopic (exact) mass is 431 g/mol. The predicted molar refractivity (Wildman–Crippen MR) is 142 cm³/mol. The zero-order valence-electron chi connectivity index (χ0n) is 18.9. The SMILES string of the molecule is CCCC(Cc1ccccc1)c1cccc(NC(=N)Nc2ccc3cccc4c3c2C=C4)c1. The van der Waals surface area contributed by atoms with Crippen molar-refractivity contribution in [2.24, 2.45) is 0 Å². The molecule has 1 atom stereocenters. The van der Waals surface area contributed by atoms with E-state index in [4.69, 9.17) is 5.41 Å². The summed E-state index contributed by atoms with van der Waals surface area (Å²) in [4.78, 5) is 0. The minimum Gasteiger partial charge on any atom is -0.326 e. The smallest absolute Gasteiger partial charge is 0.197 e. The highest BCUT2D eigenvalue weighted by molar-refractivity contribution is 6.11. The van der Waals surface area contributed by atoms with Crippen molar-refractivity contribution in [3.8, 4) is 0 Å². The van der Waals surface area contributed by atoms with E-state index < -0.39 is 0 Å². The zero-order valence-corrected chi connectivity index (χ0v) is 18.9. The third kappa shape index (κ3) is 4.54. The number of anilines is 2. The highest BCUT2D eigenvalue weighted by atomic mass is 15.1. The molecule has 0 heterocycles. The fourth-order valence-corrected chi connectivity index (χ4v) is 4.84. The van der Waals surface area contributed by atoms with Crippen LogP contribution >= 0.6 is 0 Å². The lowest BCUT2D eigenvalue weighted by atomic mass is 9.88. The van der Waals surface area contributed by atoms with Gasteiger partial charge in [0, 0.05) is 16.9 Å². The van der Waals surface area contributed by atoms with Gasteiger partial charge in [0.25, 0.3) is 0 Å².